The van der Waals surface area contributed by atoms with Gasteiger partial charge in [-0.1, -0.05) is 48.5 Å². The summed E-state index contributed by atoms with van der Waals surface area (Å²) in [4.78, 5) is 14.9. The lowest BCUT2D eigenvalue weighted by atomic mass is 10.0. The normalized spacial score (nSPS) is 15.7. The number of piperidine rings is 1. The Morgan fingerprint density at radius 1 is 1.10 bits per heavy atom. The lowest BCUT2D eigenvalue weighted by molar-refractivity contribution is -0.137. The molecular weight excluding hydrogens is 405 g/mol. The van der Waals surface area contributed by atoms with Crippen molar-refractivity contribution in [2.75, 3.05) is 13.1 Å². The van der Waals surface area contributed by atoms with Crippen LogP contribution in [0.4, 0.5) is 13.2 Å². The van der Waals surface area contributed by atoms with Crippen LogP contribution in [0.1, 0.15) is 34.3 Å². The SMILES string of the molecule is O=C(NC1CCN(Cc2cccc(C(F)(F)F)c2)CC1)c1cn[nH]c1-c1ccccc1. The molecule has 1 saturated heterocycles. The molecule has 3 aromatic rings. The van der Waals surface area contributed by atoms with Gasteiger partial charge in [0.2, 0.25) is 0 Å². The zero-order valence-corrected chi connectivity index (χ0v) is 16.8. The van der Waals surface area contributed by atoms with Crippen LogP contribution >= 0.6 is 0 Å². The molecule has 0 aliphatic carbocycles. The van der Waals surface area contributed by atoms with E-state index in [1.807, 2.05) is 30.3 Å². The number of aromatic nitrogens is 2. The van der Waals surface area contributed by atoms with E-state index in [-0.39, 0.29) is 11.9 Å². The number of amides is 1. The maximum Gasteiger partial charge on any atom is 0.416 e. The number of nitrogens with zero attached hydrogens (tertiary/aromatic N) is 2. The van der Waals surface area contributed by atoms with Crippen LogP contribution in [0.5, 0.6) is 0 Å². The third kappa shape index (κ3) is 5.14. The van der Waals surface area contributed by atoms with Crippen LogP contribution in [-0.4, -0.2) is 40.1 Å². The highest BCUT2D eigenvalue weighted by Crippen LogP contribution is 2.30. The maximum atomic E-state index is 12.9. The Kier molecular flexibility index (Phi) is 6.08. The van der Waals surface area contributed by atoms with E-state index in [2.05, 4.69) is 20.4 Å². The number of aromatic amines is 1. The number of alkyl halides is 3. The van der Waals surface area contributed by atoms with Crippen molar-refractivity contribution >= 4 is 5.91 Å². The van der Waals surface area contributed by atoms with Gasteiger partial charge in [-0.25, -0.2) is 0 Å². The van der Waals surface area contributed by atoms with Crippen LogP contribution in [0.3, 0.4) is 0 Å². The minimum atomic E-state index is -4.33. The second kappa shape index (κ2) is 8.93. The monoisotopic (exact) mass is 428 g/mol. The van der Waals surface area contributed by atoms with Gasteiger partial charge in [0, 0.05) is 31.2 Å². The summed E-state index contributed by atoms with van der Waals surface area (Å²) in [5, 5.41) is 9.98. The predicted molar refractivity (Wildman–Crippen MR) is 111 cm³/mol. The molecule has 2 N–H and O–H groups in total. The average molecular weight is 428 g/mol. The summed E-state index contributed by atoms with van der Waals surface area (Å²) in [6.07, 6.45) is -1.33. The van der Waals surface area contributed by atoms with Crippen molar-refractivity contribution in [2.45, 2.75) is 31.6 Å². The van der Waals surface area contributed by atoms with E-state index >= 15 is 0 Å². The van der Waals surface area contributed by atoms with Gasteiger partial charge in [0.25, 0.3) is 5.91 Å². The summed E-state index contributed by atoms with van der Waals surface area (Å²) in [5.74, 6) is -0.177. The van der Waals surface area contributed by atoms with Crippen molar-refractivity contribution in [2.24, 2.45) is 0 Å². The number of carbonyl (C=O) groups is 1. The van der Waals surface area contributed by atoms with Gasteiger partial charge in [-0.15, -0.1) is 0 Å². The molecule has 5 nitrogen and oxygen atoms in total. The Hall–Kier alpha value is -3.13. The van der Waals surface area contributed by atoms with Crippen LogP contribution in [0.2, 0.25) is 0 Å². The number of hydrogen-bond donors (Lipinski definition) is 2. The molecule has 8 heteroatoms. The van der Waals surface area contributed by atoms with Gasteiger partial charge in [0.15, 0.2) is 0 Å². The smallest absolute Gasteiger partial charge is 0.349 e. The van der Waals surface area contributed by atoms with E-state index in [4.69, 9.17) is 0 Å². The van der Waals surface area contributed by atoms with Gasteiger partial charge >= 0.3 is 6.18 Å². The fourth-order valence-corrected chi connectivity index (χ4v) is 3.89. The van der Waals surface area contributed by atoms with Crippen LogP contribution in [-0.2, 0) is 12.7 Å². The summed E-state index contributed by atoms with van der Waals surface area (Å²) < 4.78 is 38.7. The highest BCUT2D eigenvalue weighted by atomic mass is 19.4. The van der Waals surface area contributed by atoms with Gasteiger partial charge in [0.05, 0.1) is 23.0 Å². The molecule has 1 aromatic heterocycles. The highest BCUT2D eigenvalue weighted by Gasteiger charge is 2.30. The number of rotatable bonds is 5. The van der Waals surface area contributed by atoms with E-state index in [0.717, 1.165) is 24.5 Å². The van der Waals surface area contributed by atoms with Crippen molar-refractivity contribution in [1.82, 2.24) is 20.4 Å². The fraction of sp³-hybridized carbons (Fsp3) is 0.304. The summed E-state index contributed by atoms with van der Waals surface area (Å²) in [5.41, 5.74) is 2.09. The Morgan fingerprint density at radius 3 is 2.55 bits per heavy atom. The summed E-state index contributed by atoms with van der Waals surface area (Å²) in [6, 6.07) is 15.0. The Morgan fingerprint density at radius 2 is 1.84 bits per heavy atom. The molecule has 0 saturated carbocycles. The molecule has 2 heterocycles. The van der Waals surface area contributed by atoms with Crippen molar-refractivity contribution in [3.63, 3.8) is 0 Å². The highest BCUT2D eigenvalue weighted by molar-refractivity contribution is 5.99. The number of carbonyl (C=O) groups excluding carboxylic acids is 1. The first-order chi connectivity index (χ1) is 14.9. The Bertz CT molecular complexity index is 1020. The third-order valence-electron chi connectivity index (χ3n) is 5.53. The lowest BCUT2D eigenvalue weighted by Crippen LogP contribution is -2.44. The molecule has 1 fully saturated rings. The van der Waals surface area contributed by atoms with Crippen LogP contribution in [0.25, 0.3) is 11.3 Å². The van der Waals surface area contributed by atoms with E-state index < -0.39 is 11.7 Å². The Balaban J connectivity index is 1.32. The first-order valence-electron chi connectivity index (χ1n) is 10.2. The summed E-state index contributed by atoms with van der Waals surface area (Å²) >= 11 is 0. The molecule has 0 spiro atoms. The molecule has 1 amide bonds. The van der Waals surface area contributed by atoms with Gasteiger partial charge < -0.3 is 5.32 Å². The van der Waals surface area contributed by atoms with E-state index in [1.54, 1.807) is 6.07 Å². The lowest BCUT2D eigenvalue weighted by Gasteiger charge is -2.32. The molecule has 1 aliphatic rings. The molecule has 1 aliphatic heterocycles. The minimum absolute atomic E-state index is 0.0174. The van der Waals surface area contributed by atoms with E-state index in [0.29, 0.717) is 36.5 Å². The van der Waals surface area contributed by atoms with Crippen molar-refractivity contribution in [1.29, 1.82) is 0 Å². The summed E-state index contributed by atoms with van der Waals surface area (Å²) in [7, 11) is 0. The molecule has 162 valence electrons. The number of likely N-dealkylation sites (tertiary alicyclic amines) is 1. The second-order valence-electron chi connectivity index (χ2n) is 7.75. The van der Waals surface area contributed by atoms with Crippen LogP contribution in [0.15, 0.2) is 60.8 Å². The van der Waals surface area contributed by atoms with Gasteiger partial charge in [-0.05, 0) is 24.5 Å². The fourth-order valence-electron chi connectivity index (χ4n) is 3.89. The molecule has 2 aromatic carbocycles. The van der Waals surface area contributed by atoms with Crippen molar-refractivity contribution in [3.8, 4) is 11.3 Å². The third-order valence-corrected chi connectivity index (χ3v) is 5.53. The first-order valence-corrected chi connectivity index (χ1v) is 10.2. The van der Waals surface area contributed by atoms with Gasteiger partial charge in [-0.2, -0.15) is 18.3 Å². The van der Waals surface area contributed by atoms with Crippen molar-refractivity contribution < 1.29 is 18.0 Å². The number of nitrogens with one attached hydrogen (secondary N) is 2. The average Bonchev–Trinajstić information content (AvgIpc) is 3.26. The molecular formula is C23H23F3N4O. The zero-order chi connectivity index (χ0) is 21.8. The quantitative estimate of drug-likeness (QED) is 0.630. The molecule has 0 unspecified atom stereocenters. The Labute approximate surface area is 178 Å². The largest absolute Gasteiger partial charge is 0.416 e. The number of hydrogen-bond acceptors (Lipinski definition) is 3. The number of benzene rings is 2. The van der Waals surface area contributed by atoms with E-state index in [1.165, 1.54) is 18.3 Å². The van der Waals surface area contributed by atoms with Crippen LogP contribution in [0, 0.1) is 0 Å². The van der Waals surface area contributed by atoms with Gasteiger partial charge in [-0.3, -0.25) is 14.8 Å². The maximum absolute atomic E-state index is 12.9. The minimum Gasteiger partial charge on any atom is -0.349 e. The van der Waals surface area contributed by atoms with Gasteiger partial charge in [0.1, 0.15) is 0 Å². The van der Waals surface area contributed by atoms with Crippen LogP contribution < -0.4 is 5.32 Å². The standard InChI is InChI=1S/C23H23F3N4O/c24-23(25,26)18-8-4-5-16(13-18)15-30-11-9-19(10-12-30)28-22(31)20-14-27-29-21(20)17-6-2-1-3-7-17/h1-8,13-14,19H,9-12,15H2,(H,27,29)(H,28,31). The topological polar surface area (TPSA) is 61.0 Å². The molecule has 0 bridgehead atoms. The second-order valence-corrected chi connectivity index (χ2v) is 7.75. The molecule has 0 atom stereocenters. The summed E-state index contributed by atoms with van der Waals surface area (Å²) in [6.45, 7) is 1.88. The first kappa shape index (κ1) is 21.1. The van der Waals surface area contributed by atoms with Crippen molar-refractivity contribution in [3.05, 3.63) is 77.5 Å². The number of H-pyrrole nitrogens is 1. The zero-order valence-electron chi connectivity index (χ0n) is 16.8. The number of halogens is 3. The predicted octanol–water partition coefficient (Wildman–Crippen LogP) is 4.49. The molecule has 31 heavy (non-hydrogen) atoms. The molecule has 4 rings (SSSR count). The van der Waals surface area contributed by atoms with E-state index in [9.17, 15) is 18.0 Å². The molecule has 0 radical (unpaired) electrons.